The van der Waals surface area contributed by atoms with Crippen LogP contribution in [0.4, 0.5) is 5.69 Å². The van der Waals surface area contributed by atoms with Gasteiger partial charge in [-0.3, -0.25) is 4.90 Å². The molecule has 1 saturated heterocycles. The number of nitrogens with one attached hydrogen (secondary N) is 1. The molecule has 0 aromatic heterocycles. The summed E-state index contributed by atoms with van der Waals surface area (Å²) in [5.74, 6) is 0. The SMILES string of the molecule is C=CCC(N)/C=C/CO.CC.O=CCN1CCC(Nc2ccccc2CO)CC1. The van der Waals surface area contributed by atoms with Crippen LogP contribution in [0.5, 0.6) is 0 Å². The van der Waals surface area contributed by atoms with E-state index < -0.39 is 0 Å². The predicted octanol–water partition coefficient (Wildman–Crippen LogP) is 2.72. The number of para-hydroxylation sites is 1. The average molecular weight is 406 g/mol. The fourth-order valence-corrected chi connectivity index (χ4v) is 2.89. The molecule has 1 atom stereocenters. The smallest absolute Gasteiger partial charge is 0.133 e. The van der Waals surface area contributed by atoms with Crippen molar-refractivity contribution >= 4 is 12.0 Å². The van der Waals surface area contributed by atoms with E-state index in [0.717, 1.165) is 49.9 Å². The number of rotatable bonds is 9. The quantitative estimate of drug-likeness (QED) is 0.372. The number of anilines is 1. The van der Waals surface area contributed by atoms with Crippen molar-refractivity contribution in [1.82, 2.24) is 4.90 Å². The van der Waals surface area contributed by atoms with Gasteiger partial charge in [-0.2, -0.15) is 0 Å². The highest BCUT2D eigenvalue weighted by molar-refractivity contribution is 5.52. The maximum Gasteiger partial charge on any atom is 0.133 e. The second kappa shape index (κ2) is 18.1. The van der Waals surface area contributed by atoms with E-state index in [-0.39, 0.29) is 19.3 Å². The van der Waals surface area contributed by atoms with Crippen molar-refractivity contribution < 1.29 is 15.0 Å². The van der Waals surface area contributed by atoms with Crippen LogP contribution in [0.1, 0.15) is 38.7 Å². The van der Waals surface area contributed by atoms with Crippen molar-refractivity contribution in [2.45, 2.75) is 51.8 Å². The molecule has 6 nitrogen and oxygen atoms in total. The summed E-state index contributed by atoms with van der Waals surface area (Å²) in [6.45, 7) is 10.1. The molecule has 1 aliphatic heterocycles. The number of piperidine rings is 1. The Balaban J connectivity index is 0.000000606. The summed E-state index contributed by atoms with van der Waals surface area (Å²) < 4.78 is 0. The molecule has 1 aliphatic rings. The third-order valence-corrected chi connectivity index (χ3v) is 4.40. The maximum absolute atomic E-state index is 10.4. The minimum Gasteiger partial charge on any atom is -0.392 e. The molecule has 1 aromatic carbocycles. The van der Waals surface area contributed by atoms with Crippen molar-refractivity contribution in [3.8, 4) is 0 Å². The standard InChI is InChI=1S/C14H20N2O2.C7H13NO.C2H6/c17-10-9-16-7-5-13(6-8-16)15-14-4-2-1-3-12(14)11-18;1-2-4-7(8)5-3-6-9;1-2/h1-4,10,13,15,18H,5-9,11H2;2-3,5,7,9H,1,4,6,8H2;1-2H3/b;5-3+;. The first kappa shape index (κ1) is 27.0. The molecule has 0 radical (unpaired) electrons. The molecule has 0 saturated carbocycles. The number of aliphatic hydroxyl groups excluding tert-OH is 2. The number of carbonyl (C=O) groups excluding carboxylic acids is 1. The average Bonchev–Trinajstić information content (AvgIpc) is 2.76. The third kappa shape index (κ3) is 12.2. The van der Waals surface area contributed by atoms with Crippen LogP contribution in [-0.2, 0) is 11.4 Å². The molecule has 5 N–H and O–H groups in total. The summed E-state index contributed by atoms with van der Waals surface area (Å²) >= 11 is 0. The Morgan fingerprint density at radius 1 is 1.28 bits per heavy atom. The van der Waals surface area contributed by atoms with Gasteiger partial charge in [-0.05, 0) is 25.3 Å². The van der Waals surface area contributed by atoms with Gasteiger partial charge in [0.1, 0.15) is 6.29 Å². The van der Waals surface area contributed by atoms with Gasteiger partial charge >= 0.3 is 0 Å². The van der Waals surface area contributed by atoms with Crippen molar-refractivity contribution in [3.63, 3.8) is 0 Å². The van der Waals surface area contributed by atoms with Crippen LogP contribution in [0.15, 0.2) is 49.1 Å². The summed E-state index contributed by atoms with van der Waals surface area (Å²) in [7, 11) is 0. The minimum atomic E-state index is 0.00894. The zero-order valence-electron chi connectivity index (χ0n) is 18.0. The molecule has 1 heterocycles. The number of benzene rings is 1. The van der Waals surface area contributed by atoms with Gasteiger partial charge in [0.15, 0.2) is 0 Å². The first-order valence-electron chi connectivity index (χ1n) is 10.4. The molecule has 1 unspecified atom stereocenters. The van der Waals surface area contributed by atoms with E-state index in [1.807, 2.05) is 38.1 Å². The van der Waals surface area contributed by atoms with Crippen LogP contribution in [0, 0.1) is 0 Å². The van der Waals surface area contributed by atoms with E-state index in [4.69, 9.17) is 10.8 Å². The lowest BCUT2D eigenvalue weighted by Crippen LogP contribution is -2.39. The molecule has 0 spiro atoms. The van der Waals surface area contributed by atoms with Crippen LogP contribution >= 0.6 is 0 Å². The van der Waals surface area contributed by atoms with Crippen LogP contribution in [-0.4, -0.2) is 59.7 Å². The van der Waals surface area contributed by atoms with Crippen molar-refractivity contribution in [1.29, 1.82) is 0 Å². The van der Waals surface area contributed by atoms with E-state index in [9.17, 15) is 9.90 Å². The molecule has 0 amide bonds. The number of hydrogen-bond acceptors (Lipinski definition) is 6. The Bertz CT molecular complexity index is 570. The first-order chi connectivity index (χ1) is 14.1. The fourth-order valence-electron chi connectivity index (χ4n) is 2.89. The molecule has 6 heteroatoms. The molecule has 164 valence electrons. The lowest BCUT2D eigenvalue weighted by molar-refractivity contribution is -0.109. The highest BCUT2D eigenvalue weighted by Crippen LogP contribution is 2.20. The molecular weight excluding hydrogens is 366 g/mol. The second-order valence-corrected chi connectivity index (χ2v) is 6.50. The first-order valence-corrected chi connectivity index (χ1v) is 10.4. The molecule has 1 aromatic rings. The van der Waals surface area contributed by atoms with Gasteiger partial charge < -0.3 is 26.1 Å². The van der Waals surface area contributed by atoms with Gasteiger partial charge in [0.25, 0.3) is 0 Å². The Labute approximate surface area is 176 Å². The number of carbonyl (C=O) groups is 1. The lowest BCUT2D eigenvalue weighted by Gasteiger charge is -2.32. The summed E-state index contributed by atoms with van der Waals surface area (Å²) in [4.78, 5) is 12.6. The van der Waals surface area contributed by atoms with Crippen molar-refractivity contribution in [2.75, 3.05) is 31.6 Å². The summed E-state index contributed by atoms with van der Waals surface area (Å²) in [6.07, 6.45) is 8.95. The molecule has 29 heavy (non-hydrogen) atoms. The van der Waals surface area contributed by atoms with E-state index in [1.165, 1.54) is 0 Å². The lowest BCUT2D eigenvalue weighted by atomic mass is 10.0. The molecule has 2 rings (SSSR count). The Morgan fingerprint density at radius 3 is 2.48 bits per heavy atom. The highest BCUT2D eigenvalue weighted by atomic mass is 16.3. The van der Waals surface area contributed by atoms with Gasteiger partial charge in [0.05, 0.1) is 19.8 Å². The normalized spacial score (nSPS) is 15.5. The summed E-state index contributed by atoms with van der Waals surface area (Å²) in [5, 5.41) is 21.1. The molecular formula is C23H39N3O3. The fraction of sp³-hybridized carbons (Fsp3) is 0.522. The predicted molar refractivity (Wildman–Crippen MR) is 122 cm³/mol. The van der Waals surface area contributed by atoms with E-state index >= 15 is 0 Å². The van der Waals surface area contributed by atoms with E-state index in [2.05, 4.69) is 16.8 Å². The van der Waals surface area contributed by atoms with Gasteiger partial charge in [-0.15, -0.1) is 6.58 Å². The van der Waals surface area contributed by atoms with E-state index in [1.54, 1.807) is 18.2 Å². The number of nitrogens with two attached hydrogens (primary N) is 1. The largest absolute Gasteiger partial charge is 0.392 e. The molecule has 1 fully saturated rings. The van der Waals surface area contributed by atoms with Crippen LogP contribution < -0.4 is 11.1 Å². The highest BCUT2D eigenvalue weighted by Gasteiger charge is 2.18. The number of hydrogen-bond donors (Lipinski definition) is 4. The van der Waals surface area contributed by atoms with Gasteiger partial charge in [-0.1, -0.05) is 50.3 Å². The van der Waals surface area contributed by atoms with Crippen LogP contribution in [0.3, 0.4) is 0 Å². The topological polar surface area (TPSA) is 98.8 Å². The van der Waals surface area contributed by atoms with E-state index in [0.29, 0.717) is 12.6 Å². The van der Waals surface area contributed by atoms with Gasteiger partial charge in [0.2, 0.25) is 0 Å². The molecule has 0 aliphatic carbocycles. The van der Waals surface area contributed by atoms with Crippen LogP contribution in [0.2, 0.25) is 0 Å². The zero-order valence-corrected chi connectivity index (χ0v) is 18.0. The summed E-state index contributed by atoms with van der Waals surface area (Å²) in [6, 6.07) is 8.29. The monoisotopic (exact) mass is 405 g/mol. The Kier molecular flexibility index (Phi) is 16.8. The zero-order chi connectivity index (χ0) is 21.9. The minimum absolute atomic E-state index is 0.00894. The number of nitrogens with zero attached hydrogens (tertiary/aromatic N) is 1. The third-order valence-electron chi connectivity index (χ3n) is 4.40. The summed E-state index contributed by atoms with van der Waals surface area (Å²) in [5.41, 5.74) is 7.46. The van der Waals surface area contributed by atoms with Gasteiger partial charge in [0, 0.05) is 36.4 Å². The van der Waals surface area contributed by atoms with Crippen molar-refractivity contribution in [2.24, 2.45) is 5.73 Å². The Hall–Kier alpha value is -1.99. The van der Waals surface area contributed by atoms with Crippen LogP contribution in [0.25, 0.3) is 0 Å². The maximum atomic E-state index is 10.4. The Morgan fingerprint density at radius 2 is 1.93 bits per heavy atom. The number of aliphatic hydroxyl groups is 2. The second-order valence-electron chi connectivity index (χ2n) is 6.50. The molecule has 0 bridgehead atoms. The van der Waals surface area contributed by atoms with Gasteiger partial charge in [-0.25, -0.2) is 0 Å². The van der Waals surface area contributed by atoms with Crippen molar-refractivity contribution in [3.05, 3.63) is 54.6 Å². The number of likely N-dealkylation sites (tertiary alicyclic amines) is 1. The number of aldehydes is 1.